The van der Waals surface area contributed by atoms with Crippen LogP contribution in [0.3, 0.4) is 0 Å². The van der Waals surface area contributed by atoms with Gasteiger partial charge in [-0.05, 0) is 32.6 Å². The Labute approximate surface area is 162 Å². The molecule has 135 valence electrons. The van der Waals surface area contributed by atoms with Crippen LogP contribution in [0.25, 0.3) is 0 Å². The summed E-state index contributed by atoms with van der Waals surface area (Å²) in [4.78, 5) is 9.87. The Morgan fingerprint density at radius 3 is 2.00 bits per heavy atom. The molecule has 0 saturated carbocycles. The van der Waals surface area contributed by atoms with Crippen LogP contribution < -0.4 is 0 Å². The van der Waals surface area contributed by atoms with Gasteiger partial charge in [0.15, 0.2) is 4.46 Å². The number of likely N-dealkylation sites (N-methyl/N-ethyl adjacent to an activating group) is 2. The van der Waals surface area contributed by atoms with Gasteiger partial charge < -0.3 is 14.7 Å². The van der Waals surface area contributed by atoms with Crippen LogP contribution in [0.15, 0.2) is 0 Å². The summed E-state index contributed by atoms with van der Waals surface area (Å²) in [6.07, 6.45) is 2.07. The minimum atomic E-state index is -0.741. The molecule has 0 amide bonds. The van der Waals surface area contributed by atoms with E-state index in [0.717, 1.165) is 65.3 Å². The quantitative estimate of drug-likeness (QED) is 0.396. The molecule has 1 radical (unpaired) electrons. The summed E-state index contributed by atoms with van der Waals surface area (Å²) in [6.45, 7) is 16.3. The third kappa shape index (κ3) is 6.99. The molecule has 0 aromatic heterocycles. The van der Waals surface area contributed by atoms with Crippen molar-refractivity contribution < 1.29 is 17.1 Å². The first kappa shape index (κ1) is 22.0. The molecule has 2 rings (SSSR count). The van der Waals surface area contributed by atoms with Crippen molar-refractivity contribution in [3.63, 3.8) is 0 Å². The maximum Gasteiger partial charge on any atom is 2.00 e. The third-order valence-corrected chi connectivity index (χ3v) is 6.00. The second kappa shape index (κ2) is 10.8. The summed E-state index contributed by atoms with van der Waals surface area (Å²) in [5, 5.41) is 0. The zero-order chi connectivity index (χ0) is 16.0. The summed E-state index contributed by atoms with van der Waals surface area (Å²) >= 11 is 13.5. The first-order valence-corrected chi connectivity index (χ1v) is 9.60. The van der Waals surface area contributed by atoms with E-state index in [1.807, 2.05) is 0 Å². The van der Waals surface area contributed by atoms with Crippen molar-refractivity contribution in [2.24, 2.45) is 0 Å². The van der Waals surface area contributed by atoms with Gasteiger partial charge in [0.1, 0.15) is 0 Å². The van der Waals surface area contributed by atoms with Crippen molar-refractivity contribution in [3.05, 3.63) is 0 Å². The smallest absolute Gasteiger partial charge is 0.302 e. The molecule has 0 aliphatic carbocycles. The van der Waals surface area contributed by atoms with Gasteiger partial charge in [-0.15, -0.1) is 0 Å². The standard InChI is InChI=1S/C16H32Cl2N4.Mn/c1-3-19-7-5-8-21-11-10-20(4-2)9-6-16(17,18)22(14-12-19)15-13-21;/h3-15H2,1-2H3;/q;+2. The summed E-state index contributed by atoms with van der Waals surface area (Å²) in [6, 6.07) is 0. The molecule has 0 aromatic rings. The molecule has 0 N–H and O–H groups in total. The molecule has 2 fully saturated rings. The Morgan fingerprint density at radius 1 is 0.739 bits per heavy atom. The van der Waals surface area contributed by atoms with Crippen LogP contribution >= 0.6 is 23.2 Å². The molecule has 2 heterocycles. The van der Waals surface area contributed by atoms with E-state index >= 15 is 0 Å². The van der Waals surface area contributed by atoms with E-state index in [2.05, 4.69) is 33.4 Å². The average molecular weight is 406 g/mol. The SMILES string of the molecule is CCN1CCCN2CCN(CC)CCC(Cl)(Cl)N(CC1)CC2.[Mn+2]. The molecular formula is C16H32Cl2MnN4+2. The number of alkyl halides is 2. The van der Waals surface area contributed by atoms with Crippen LogP contribution in [0.5, 0.6) is 0 Å². The number of rotatable bonds is 2. The van der Waals surface area contributed by atoms with Gasteiger partial charge in [0.25, 0.3) is 0 Å². The van der Waals surface area contributed by atoms with E-state index in [1.54, 1.807) is 0 Å². The predicted molar refractivity (Wildman–Crippen MR) is 95.9 cm³/mol. The van der Waals surface area contributed by atoms with Gasteiger partial charge in [0.05, 0.1) is 0 Å². The Morgan fingerprint density at radius 2 is 1.30 bits per heavy atom. The van der Waals surface area contributed by atoms with Gasteiger partial charge in [-0.1, -0.05) is 37.0 Å². The molecule has 0 spiro atoms. The van der Waals surface area contributed by atoms with E-state index in [9.17, 15) is 0 Å². The summed E-state index contributed by atoms with van der Waals surface area (Å²) in [5.74, 6) is 0. The zero-order valence-corrected chi connectivity index (χ0v) is 17.3. The van der Waals surface area contributed by atoms with Crippen molar-refractivity contribution in [2.75, 3.05) is 72.0 Å². The van der Waals surface area contributed by atoms with Crippen molar-refractivity contribution in [3.8, 4) is 0 Å². The van der Waals surface area contributed by atoms with Crippen LogP contribution in [0.4, 0.5) is 0 Å². The maximum atomic E-state index is 6.73. The van der Waals surface area contributed by atoms with E-state index in [1.165, 1.54) is 19.5 Å². The third-order valence-electron chi connectivity index (χ3n) is 5.14. The topological polar surface area (TPSA) is 13.0 Å². The number of hydrogen-bond donors (Lipinski definition) is 0. The first-order chi connectivity index (χ1) is 10.5. The average Bonchev–Trinajstić information content (AvgIpc) is 2.51. The minimum Gasteiger partial charge on any atom is -0.302 e. The van der Waals surface area contributed by atoms with Gasteiger partial charge in [-0.3, -0.25) is 4.90 Å². The monoisotopic (exact) mass is 405 g/mol. The molecule has 4 nitrogen and oxygen atoms in total. The van der Waals surface area contributed by atoms with Crippen molar-refractivity contribution >= 4 is 23.2 Å². The van der Waals surface area contributed by atoms with Crippen molar-refractivity contribution in [1.29, 1.82) is 0 Å². The second-order valence-electron chi connectivity index (χ2n) is 6.47. The van der Waals surface area contributed by atoms with E-state index in [0.29, 0.717) is 0 Å². The van der Waals surface area contributed by atoms with Crippen LogP contribution in [0, 0.1) is 0 Å². The minimum absolute atomic E-state index is 0. The number of hydrogen-bond acceptors (Lipinski definition) is 4. The number of halogens is 2. The van der Waals surface area contributed by atoms with Gasteiger partial charge in [0, 0.05) is 52.2 Å². The molecule has 0 aromatic carbocycles. The molecular weight excluding hydrogens is 374 g/mol. The Balaban J connectivity index is 0.00000264. The fraction of sp³-hybridized carbons (Fsp3) is 1.00. The first-order valence-electron chi connectivity index (χ1n) is 8.85. The molecule has 2 aliphatic rings. The fourth-order valence-electron chi connectivity index (χ4n) is 3.41. The van der Waals surface area contributed by atoms with Crippen LogP contribution in [0.1, 0.15) is 26.7 Å². The van der Waals surface area contributed by atoms with E-state index in [4.69, 9.17) is 23.2 Å². The molecule has 23 heavy (non-hydrogen) atoms. The second-order valence-corrected chi connectivity index (χ2v) is 7.91. The van der Waals surface area contributed by atoms with Gasteiger partial charge in [-0.2, -0.15) is 0 Å². The largest absolute Gasteiger partial charge is 2.00 e. The Hall–Kier alpha value is 0.939. The summed E-state index contributed by atoms with van der Waals surface area (Å²) in [7, 11) is 0. The van der Waals surface area contributed by atoms with Crippen molar-refractivity contribution in [1.82, 2.24) is 19.6 Å². The molecule has 2 atom stereocenters. The molecule has 2 aliphatic heterocycles. The van der Waals surface area contributed by atoms with E-state index < -0.39 is 4.46 Å². The normalized spacial score (nSPS) is 31.3. The maximum absolute atomic E-state index is 6.73. The van der Waals surface area contributed by atoms with Crippen LogP contribution in [-0.4, -0.2) is 96.0 Å². The summed E-state index contributed by atoms with van der Waals surface area (Å²) < 4.78 is -0.741. The van der Waals surface area contributed by atoms with Crippen molar-refractivity contribution in [2.45, 2.75) is 31.1 Å². The summed E-state index contributed by atoms with van der Waals surface area (Å²) in [5.41, 5.74) is 0. The van der Waals surface area contributed by atoms with Crippen LogP contribution in [-0.2, 0) is 17.1 Å². The molecule has 2 saturated heterocycles. The molecule has 7 heteroatoms. The molecule has 2 unspecified atom stereocenters. The van der Waals surface area contributed by atoms with Gasteiger partial charge in [0.2, 0.25) is 0 Å². The molecule has 2 bridgehead atoms. The van der Waals surface area contributed by atoms with Gasteiger partial charge in [-0.25, -0.2) is 0 Å². The van der Waals surface area contributed by atoms with Crippen LogP contribution in [0.2, 0.25) is 0 Å². The van der Waals surface area contributed by atoms with E-state index in [-0.39, 0.29) is 17.1 Å². The fourth-order valence-corrected chi connectivity index (χ4v) is 3.91. The van der Waals surface area contributed by atoms with Gasteiger partial charge >= 0.3 is 17.1 Å². The predicted octanol–water partition coefficient (Wildman–Crippen LogP) is 2.17. The number of nitrogens with zero attached hydrogens (tertiary/aromatic N) is 4. The zero-order valence-electron chi connectivity index (χ0n) is 14.6. The number of fused-ring (bicyclic) bond motifs is 3. The Bertz CT molecular complexity index is 331. The Kier molecular flexibility index (Phi) is 10.3.